The summed E-state index contributed by atoms with van der Waals surface area (Å²) in [5, 5.41) is 3.42. The van der Waals surface area contributed by atoms with E-state index < -0.39 is 0 Å². The molecule has 0 bridgehead atoms. The lowest BCUT2D eigenvalue weighted by Crippen LogP contribution is -2.42. The Bertz CT molecular complexity index is 326. The van der Waals surface area contributed by atoms with Crippen LogP contribution in [0.2, 0.25) is 0 Å². The molecule has 2 fully saturated rings. The highest BCUT2D eigenvalue weighted by atomic mass is 16.2. The Hall–Kier alpha value is -0.740. The monoisotopic (exact) mass is 266 g/mol. The van der Waals surface area contributed by atoms with Crippen molar-refractivity contribution < 1.29 is 9.37 Å². The molecule has 0 radical (unpaired) electrons. The van der Waals surface area contributed by atoms with Crippen LogP contribution in [0.25, 0.3) is 0 Å². The second-order valence-electron chi connectivity index (χ2n) is 5.98. The SMILES string of the molecule is CC=[N+](C)C(=O)C1CCN(CC2CCNCC2)CC1. The quantitative estimate of drug-likeness (QED) is 0.610. The highest BCUT2D eigenvalue weighted by molar-refractivity contribution is 5.74. The standard InChI is InChI=1S/C15H28N3O/c1-3-17(2)15(19)14-6-10-18(11-7-14)12-13-4-8-16-9-5-13/h3,13-14,16H,4-12H2,1-2H3/q+1. The van der Waals surface area contributed by atoms with Gasteiger partial charge in [0.2, 0.25) is 0 Å². The summed E-state index contributed by atoms with van der Waals surface area (Å²) >= 11 is 0. The van der Waals surface area contributed by atoms with Gasteiger partial charge in [0.15, 0.2) is 0 Å². The van der Waals surface area contributed by atoms with E-state index >= 15 is 0 Å². The van der Waals surface area contributed by atoms with Crippen molar-refractivity contribution in [3.63, 3.8) is 0 Å². The van der Waals surface area contributed by atoms with E-state index in [-0.39, 0.29) is 5.92 Å². The van der Waals surface area contributed by atoms with Gasteiger partial charge in [-0.25, -0.2) is 4.79 Å². The molecule has 0 aromatic heterocycles. The summed E-state index contributed by atoms with van der Waals surface area (Å²) in [6, 6.07) is 0. The zero-order valence-corrected chi connectivity index (χ0v) is 12.4. The van der Waals surface area contributed by atoms with Gasteiger partial charge in [0.25, 0.3) is 0 Å². The zero-order valence-electron chi connectivity index (χ0n) is 12.4. The second kappa shape index (κ2) is 7.15. The van der Waals surface area contributed by atoms with Gasteiger partial charge in [0, 0.05) is 13.5 Å². The van der Waals surface area contributed by atoms with Crippen molar-refractivity contribution >= 4 is 12.1 Å². The lowest BCUT2D eigenvalue weighted by molar-refractivity contribution is -0.419. The van der Waals surface area contributed by atoms with Crippen molar-refractivity contribution in [3.05, 3.63) is 0 Å². The predicted molar refractivity (Wildman–Crippen MR) is 77.7 cm³/mol. The molecule has 0 aromatic rings. The molecule has 0 atom stereocenters. The Morgan fingerprint density at radius 3 is 2.47 bits per heavy atom. The summed E-state index contributed by atoms with van der Waals surface area (Å²) in [6.07, 6.45) is 6.55. The predicted octanol–water partition coefficient (Wildman–Crippen LogP) is 0.958. The lowest BCUT2D eigenvalue weighted by atomic mass is 9.93. The van der Waals surface area contributed by atoms with E-state index in [0.29, 0.717) is 5.91 Å². The number of carbonyl (C=O) groups is 1. The van der Waals surface area contributed by atoms with Crippen LogP contribution in [0.1, 0.15) is 32.6 Å². The highest BCUT2D eigenvalue weighted by Gasteiger charge is 2.31. The molecule has 0 aliphatic carbocycles. The number of nitrogens with zero attached hydrogens (tertiary/aromatic N) is 2. The third kappa shape index (κ3) is 4.11. The van der Waals surface area contributed by atoms with Gasteiger partial charge in [0.1, 0.15) is 13.3 Å². The molecular formula is C15H28N3O+. The van der Waals surface area contributed by atoms with Crippen LogP contribution >= 0.6 is 0 Å². The van der Waals surface area contributed by atoms with E-state index in [2.05, 4.69) is 10.2 Å². The first kappa shape index (κ1) is 14.7. The summed E-state index contributed by atoms with van der Waals surface area (Å²) in [6.45, 7) is 7.70. The largest absolute Gasteiger partial charge is 0.389 e. The third-order valence-electron chi connectivity index (χ3n) is 4.65. The minimum Gasteiger partial charge on any atom is -0.317 e. The Labute approximate surface area is 116 Å². The molecule has 108 valence electrons. The summed E-state index contributed by atoms with van der Waals surface area (Å²) in [4.78, 5) is 14.7. The van der Waals surface area contributed by atoms with Gasteiger partial charge in [-0.15, -0.1) is 0 Å². The topological polar surface area (TPSA) is 35.4 Å². The van der Waals surface area contributed by atoms with E-state index in [0.717, 1.165) is 31.8 Å². The molecular weight excluding hydrogens is 238 g/mol. The van der Waals surface area contributed by atoms with Gasteiger partial charge in [0.05, 0.1) is 5.92 Å². The van der Waals surface area contributed by atoms with Crippen LogP contribution in [0.5, 0.6) is 0 Å². The van der Waals surface area contributed by atoms with E-state index in [1.165, 1.54) is 32.5 Å². The van der Waals surface area contributed by atoms with Crippen molar-refractivity contribution in [2.45, 2.75) is 32.6 Å². The summed E-state index contributed by atoms with van der Waals surface area (Å²) < 4.78 is 1.74. The zero-order chi connectivity index (χ0) is 13.7. The molecule has 0 aromatic carbocycles. The van der Waals surface area contributed by atoms with Crippen LogP contribution in [0.4, 0.5) is 0 Å². The molecule has 2 aliphatic heterocycles. The van der Waals surface area contributed by atoms with E-state index in [9.17, 15) is 4.79 Å². The molecule has 0 spiro atoms. The molecule has 4 nitrogen and oxygen atoms in total. The lowest BCUT2D eigenvalue weighted by Gasteiger charge is -2.34. The van der Waals surface area contributed by atoms with E-state index in [1.54, 1.807) is 4.58 Å². The maximum Gasteiger partial charge on any atom is 0.389 e. The smallest absolute Gasteiger partial charge is 0.317 e. The molecule has 2 aliphatic rings. The van der Waals surface area contributed by atoms with Crippen molar-refractivity contribution in [2.24, 2.45) is 11.8 Å². The fraction of sp³-hybridized carbons (Fsp3) is 0.867. The first-order valence-corrected chi connectivity index (χ1v) is 7.70. The molecule has 2 rings (SSSR count). The van der Waals surface area contributed by atoms with E-state index in [4.69, 9.17) is 0 Å². The van der Waals surface area contributed by atoms with Gasteiger partial charge in [-0.3, -0.25) is 0 Å². The summed E-state index contributed by atoms with van der Waals surface area (Å²) in [7, 11) is 1.86. The Morgan fingerprint density at radius 1 is 1.26 bits per heavy atom. The molecule has 0 unspecified atom stereocenters. The minimum absolute atomic E-state index is 0.241. The minimum atomic E-state index is 0.241. The molecule has 1 amide bonds. The van der Waals surface area contributed by atoms with E-state index in [1.807, 2.05) is 20.2 Å². The molecule has 0 saturated carbocycles. The maximum absolute atomic E-state index is 12.1. The Morgan fingerprint density at radius 2 is 1.89 bits per heavy atom. The van der Waals surface area contributed by atoms with Gasteiger partial charge in [-0.1, -0.05) is 0 Å². The second-order valence-corrected chi connectivity index (χ2v) is 5.98. The molecule has 19 heavy (non-hydrogen) atoms. The number of likely N-dealkylation sites (tertiary alicyclic amines) is 1. The van der Waals surface area contributed by atoms with Gasteiger partial charge >= 0.3 is 5.91 Å². The van der Waals surface area contributed by atoms with Crippen molar-refractivity contribution in [1.82, 2.24) is 10.2 Å². The summed E-state index contributed by atoms with van der Waals surface area (Å²) in [5.41, 5.74) is 0. The van der Waals surface area contributed by atoms with Crippen molar-refractivity contribution in [2.75, 3.05) is 39.8 Å². The van der Waals surface area contributed by atoms with Crippen LogP contribution in [0.15, 0.2) is 0 Å². The van der Waals surface area contributed by atoms with Crippen LogP contribution in [-0.4, -0.2) is 61.4 Å². The van der Waals surface area contributed by atoms with Crippen LogP contribution in [0.3, 0.4) is 0 Å². The van der Waals surface area contributed by atoms with Crippen molar-refractivity contribution in [1.29, 1.82) is 0 Å². The molecule has 4 heteroatoms. The van der Waals surface area contributed by atoms with Gasteiger partial charge in [-0.2, -0.15) is 4.58 Å². The number of carbonyl (C=O) groups excluding carboxylic acids is 1. The normalized spacial score (nSPS) is 24.6. The highest BCUT2D eigenvalue weighted by Crippen LogP contribution is 2.21. The first-order chi connectivity index (χ1) is 9.20. The third-order valence-corrected chi connectivity index (χ3v) is 4.65. The average Bonchev–Trinajstić information content (AvgIpc) is 2.47. The number of piperidine rings is 2. The Kier molecular flexibility index (Phi) is 5.52. The van der Waals surface area contributed by atoms with Crippen LogP contribution in [0, 0.1) is 11.8 Å². The summed E-state index contributed by atoms with van der Waals surface area (Å²) in [5.74, 6) is 1.40. The fourth-order valence-corrected chi connectivity index (χ4v) is 3.21. The van der Waals surface area contributed by atoms with Crippen LogP contribution < -0.4 is 5.32 Å². The fourth-order valence-electron chi connectivity index (χ4n) is 3.21. The van der Waals surface area contributed by atoms with Crippen LogP contribution in [-0.2, 0) is 4.79 Å². The Balaban J connectivity index is 1.74. The average molecular weight is 266 g/mol. The van der Waals surface area contributed by atoms with Gasteiger partial charge in [-0.05, 0) is 57.8 Å². The molecule has 1 N–H and O–H groups in total. The molecule has 2 heterocycles. The van der Waals surface area contributed by atoms with Gasteiger partial charge < -0.3 is 10.2 Å². The van der Waals surface area contributed by atoms with Crippen molar-refractivity contribution in [3.8, 4) is 0 Å². The number of hydrogen-bond donors (Lipinski definition) is 1. The number of rotatable bonds is 3. The molecule has 2 saturated heterocycles. The number of hydrogen-bond acceptors (Lipinski definition) is 3. The number of nitrogens with one attached hydrogen (secondary N) is 1. The number of amides is 1. The maximum atomic E-state index is 12.1. The first-order valence-electron chi connectivity index (χ1n) is 7.70.